The zero-order valence-electron chi connectivity index (χ0n) is 11.1. The number of hydrogen-bond donors (Lipinski definition) is 1. The van der Waals surface area contributed by atoms with E-state index in [0.29, 0.717) is 21.6 Å². The largest absolute Gasteiger partial charge is 0.338 e. The molecule has 6 heteroatoms. The summed E-state index contributed by atoms with van der Waals surface area (Å²) in [5, 5.41) is 5.76. The lowest BCUT2D eigenvalue weighted by Crippen LogP contribution is -2.22. The first-order valence-electron chi connectivity index (χ1n) is 6.48. The Labute approximate surface area is 117 Å². The highest BCUT2D eigenvalue weighted by Crippen LogP contribution is 2.43. The fraction of sp³-hybridized carbons (Fsp3) is 0.833. The number of rotatable bonds is 4. The predicted octanol–water partition coefficient (Wildman–Crippen LogP) is 3.17. The minimum absolute atomic E-state index is 0.117. The van der Waals surface area contributed by atoms with Crippen molar-refractivity contribution in [3.05, 3.63) is 11.7 Å². The molecule has 1 aromatic heterocycles. The summed E-state index contributed by atoms with van der Waals surface area (Å²) in [6.07, 6.45) is 1.92. The number of hydrogen-bond acceptors (Lipinski definition) is 6. The first-order chi connectivity index (χ1) is 8.61. The summed E-state index contributed by atoms with van der Waals surface area (Å²) in [7, 11) is 0. The molecular formula is C12H21N3OS2. The van der Waals surface area contributed by atoms with Gasteiger partial charge in [-0.2, -0.15) is 16.7 Å². The molecule has 4 nitrogen and oxygen atoms in total. The molecule has 4 atom stereocenters. The van der Waals surface area contributed by atoms with Crippen LogP contribution in [0, 0.1) is 0 Å². The van der Waals surface area contributed by atoms with Crippen LogP contribution in [0.4, 0.5) is 0 Å². The second-order valence-electron chi connectivity index (χ2n) is 4.75. The standard InChI is InChI=1S/C12H21N3OS2/c1-4-5-9(13)12-14-11(15-16-12)10-6-17-7(2)8(3)18-10/h7-10H,4-6,13H2,1-3H3. The van der Waals surface area contributed by atoms with Crippen molar-refractivity contribution in [2.24, 2.45) is 5.73 Å². The summed E-state index contributed by atoms with van der Waals surface area (Å²) in [4.78, 5) is 4.47. The maximum absolute atomic E-state index is 5.99. The van der Waals surface area contributed by atoms with E-state index in [1.54, 1.807) is 0 Å². The Kier molecular flexibility index (Phi) is 4.98. The van der Waals surface area contributed by atoms with Crippen LogP contribution in [0.15, 0.2) is 4.52 Å². The minimum atomic E-state index is -0.117. The molecule has 102 valence electrons. The van der Waals surface area contributed by atoms with E-state index >= 15 is 0 Å². The lowest BCUT2D eigenvalue weighted by atomic mass is 10.2. The van der Waals surface area contributed by atoms with Gasteiger partial charge in [0.2, 0.25) is 5.89 Å². The maximum atomic E-state index is 5.99. The first-order valence-corrected chi connectivity index (χ1v) is 8.47. The van der Waals surface area contributed by atoms with Crippen molar-refractivity contribution in [3.63, 3.8) is 0 Å². The van der Waals surface area contributed by atoms with Crippen molar-refractivity contribution >= 4 is 23.5 Å². The summed E-state index contributed by atoms with van der Waals surface area (Å²) in [5.41, 5.74) is 5.99. The van der Waals surface area contributed by atoms with Crippen molar-refractivity contribution in [2.75, 3.05) is 5.75 Å². The van der Waals surface area contributed by atoms with Gasteiger partial charge in [0.15, 0.2) is 5.82 Å². The summed E-state index contributed by atoms with van der Waals surface area (Å²) < 4.78 is 5.29. The molecule has 18 heavy (non-hydrogen) atoms. The Morgan fingerprint density at radius 2 is 2.22 bits per heavy atom. The summed E-state index contributed by atoms with van der Waals surface area (Å²) >= 11 is 3.92. The van der Waals surface area contributed by atoms with Crippen LogP contribution >= 0.6 is 23.5 Å². The van der Waals surface area contributed by atoms with Crippen LogP contribution in [0.5, 0.6) is 0 Å². The fourth-order valence-electron chi connectivity index (χ4n) is 1.88. The van der Waals surface area contributed by atoms with Crippen LogP contribution in [-0.4, -0.2) is 26.4 Å². The Hall–Kier alpha value is -0.200. The third-order valence-corrected chi connectivity index (χ3v) is 6.60. The smallest absolute Gasteiger partial charge is 0.243 e. The zero-order chi connectivity index (χ0) is 13.1. The van der Waals surface area contributed by atoms with Crippen molar-refractivity contribution in [1.82, 2.24) is 10.1 Å². The Morgan fingerprint density at radius 3 is 2.89 bits per heavy atom. The molecular weight excluding hydrogens is 266 g/mol. The highest BCUT2D eigenvalue weighted by Gasteiger charge is 2.30. The fourth-order valence-corrected chi connectivity index (χ4v) is 4.72. The molecule has 0 spiro atoms. The van der Waals surface area contributed by atoms with E-state index in [1.165, 1.54) is 0 Å². The van der Waals surface area contributed by atoms with E-state index in [0.717, 1.165) is 24.4 Å². The molecule has 0 aliphatic carbocycles. The average Bonchev–Trinajstić information content (AvgIpc) is 2.82. The molecule has 0 bridgehead atoms. The van der Waals surface area contributed by atoms with Crippen LogP contribution in [-0.2, 0) is 0 Å². The molecule has 1 fully saturated rings. The van der Waals surface area contributed by atoms with Gasteiger partial charge in [0.1, 0.15) is 0 Å². The van der Waals surface area contributed by atoms with Gasteiger partial charge in [-0.05, 0) is 6.42 Å². The van der Waals surface area contributed by atoms with Gasteiger partial charge in [0, 0.05) is 16.3 Å². The Balaban J connectivity index is 2.01. The minimum Gasteiger partial charge on any atom is -0.338 e. The maximum Gasteiger partial charge on any atom is 0.243 e. The van der Waals surface area contributed by atoms with Gasteiger partial charge >= 0.3 is 0 Å². The first kappa shape index (κ1) is 14.2. The van der Waals surface area contributed by atoms with E-state index in [2.05, 4.69) is 30.9 Å². The van der Waals surface area contributed by atoms with E-state index in [4.69, 9.17) is 10.3 Å². The van der Waals surface area contributed by atoms with Crippen LogP contribution in [0.1, 0.15) is 56.6 Å². The van der Waals surface area contributed by atoms with Gasteiger partial charge in [0.25, 0.3) is 0 Å². The zero-order valence-corrected chi connectivity index (χ0v) is 12.8. The van der Waals surface area contributed by atoms with Crippen molar-refractivity contribution < 1.29 is 4.52 Å². The molecule has 0 saturated carbocycles. The van der Waals surface area contributed by atoms with Gasteiger partial charge < -0.3 is 10.3 Å². The lowest BCUT2D eigenvalue weighted by Gasteiger charge is -2.29. The highest BCUT2D eigenvalue weighted by atomic mass is 32.2. The van der Waals surface area contributed by atoms with Gasteiger partial charge in [-0.1, -0.05) is 32.3 Å². The molecule has 4 unspecified atom stereocenters. The number of thioether (sulfide) groups is 2. The Morgan fingerprint density at radius 1 is 1.44 bits per heavy atom. The topological polar surface area (TPSA) is 64.9 Å². The number of aromatic nitrogens is 2. The van der Waals surface area contributed by atoms with E-state index < -0.39 is 0 Å². The van der Waals surface area contributed by atoms with E-state index in [9.17, 15) is 0 Å². The second kappa shape index (κ2) is 6.30. The Bertz CT molecular complexity index is 385. The van der Waals surface area contributed by atoms with Gasteiger partial charge in [0.05, 0.1) is 11.3 Å². The van der Waals surface area contributed by atoms with Crippen LogP contribution in [0.2, 0.25) is 0 Å². The monoisotopic (exact) mass is 287 g/mol. The molecule has 1 saturated heterocycles. The number of nitrogens with zero attached hydrogens (tertiary/aromatic N) is 2. The van der Waals surface area contributed by atoms with Crippen LogP contribution in [0.3, 0.4) is 0 Å². The molecule has 2 rings (SSSR count). The lowest BCUT2D eigenvalue weighted by molar-refractivity contribution is 0.344. The van der Waals surface area contributed by atoms with Crippen LogP contribution < -0.4 is 5.73 Å². The molecule has 1 aliphatic heterocycles. The summed E-state index contributed by atoms with van der Waals surface area (Å²) in [6, 6.07) is -0.117. The van der Waals surface area contributed by atoms with Gasteiger partial charge in [-0.15, -0.1) is 11.8 Å². The molecule has 0 aromatic carbocycles. The van der Waals surface area contributed by atoms with Crippen LogP contribution in [0.25, 0.3) is 0 Å². The second-order valence-corrected chi connectivity index (χ2v) is 7.75. The normalized spacial score (nSPS) is 30.3. The molecule has 0 amide bonds. The quantitative estimate of drug-likeness (QED) is 0.917. The molecule has 1 aromatic rings. The summed E-state index contributed by atoms with van der Waals surface area (Å²) in [6.45, 7) is 6.64. The molecule has 2 N–H and O–H groups in total. The number of nitrogens with two attached hydrogens (primary N) is 1. The molecule has 2 heterocycles. The molecule has 1 aliphatic rings. The highest BCUT2D eigenvalue weighted by molar-refractivity contribution is 8.07. The predicted molar refractivity (Wildman–Crippen MR) is 77.8 cm³/mol. The van der Waals surface area contributed by atoms with Gasteiger partial charge in [-0.3, -0.25) is 0 Å². The van der Waals surface area contributed by atoms with Gasteiger partial charge in [-0.25, -0.2) is 0 Å². The van der Waals surface area contributed by atoms with Crippen molar-refractivity contribution in [3.8, 4) is 0 Å². The average molecular weight is 287 g/mol. The van der Waals surface area contributed by atoms with Crippen molar-refractivity contribution in [1.29, 1.82) is 0 Å². The SMILES string of the molecule is CCCC(N)c1nc(C2CSC(C)C(C)S2)no1. The summed E-state index contributed by atoms with van der Waals surface area (Å²) in [5.74, 6) is 2.45. The van der Waals surface area contributed by atoms with Crippen molar-refractivity contribution in [2.45, 2.75) is 55.4 Å². The third kappa shape index (κ3) is 3.22. The van der Waals surface area contributed by atoms with E-state index in [-0.39, 0.29) is 6.04 Å². The van der Waals surface area contributed by atoms with E-state index in [1.807, 2.05) is 23.5 Å². The molecule has 0 radical (unpaired) electrons. The third-order valence-electron chi connectivity index (χ3n) is 3.21.